The Kier molecular flexibility index (Phi) is 2.15. The Labute approximate surface area is 83.3 Å². The third-order valence-electron chi connectivity index (χ3n) is 2.27. The number of aromatic nitrogens is 2. The second-order valence-corrected chi connectivity index (χ2v) is 3.60. The second-order valence-electron chi connectivity index (χ2n) is 3.60. The number of rotatable bonds is 2. The van der Waals surface area contributed by atoms with Crippen molar-refractivity contribution >= 4 is 10.9 Å². The van der Waals surface area contributed by atoms with Gasteiger partial charge in [0.2, 0.25) is 0 Å². The van der Waals surface area contributed by atoms with Crippen LogP contribution in [0, 0.1) is 0 Å². The van der Waals surface area contributed by atoms with Gasteiger partial charge in [-0.2, -0.15) is 5.10 Å². The van der Waals surface area contributed by atoms with E-state index in [1.165, 1.54) is 0 Å². The van der Waals surface area contributed by atoms with E-state index in [4.69, 9.17) is 4.74 Å². The molecule has 0 saturated carbocycles. The molecule has 0 atom stereocenters. The van der Waals surface area contributed by atoms with Crippen LogP contribution in [0.5, 0.6) is 5.75 Å². The molecule has 1 aromatic heterocycles. The SMILES string of the molecule is COc1cccc2cn(C(C)C)nc12. The molecule has 0 spiro atoms. The quantitative estimate of drug-likeness (QED) is 0.727. The largest absolute Gasteiger partial charge is 0.494 e. The minimum atomic E-state index is 0.382. The number of hydrogen-bond donors (Lipinski definition) is 0. The molecular weight excluding hydrogens is 176 g/mol. The van der Waals surface area contributed by atoms with Gasteiger partial charge in [-0.05, 0) is 19.9 Å². The van der Waals surface area contributed by atoms with Gasteiger partial charge in [-0.1, -0.05) is 12.1 Å². The zero-order chi connectivity index (χ0) is 10.1. The van der Waals surface area contributed by atoms with Crippen LogP contribution in [-0.2, 0) is 0 Å². The summed E-state index contributed by atoms with van der Waals surface area (Å²) >= 11 is 0. The van der Waals surface area contributed by atoms with Crippen LogP contribution in [0.2, 0.25) is 0 Å². The minimum Gasteiger partial charge on any atom is -0.494 e. The van der Waals surface area contributed by atoms with E-state index in [-0.39, 0.29) is 0 Å². The summed E-state index contributed by atoms with van der Waals surface area (Å²) in [5.41, 5.74) is 0.934. The molecule has 2 aromatic rings. The smallest absolute Gasteiger partial charge is 0.146 e. The lowest BCUT2D eigenvalue weighted by Crippen LogP contribution is -2.00. The highest BCUT2D eigenvalue weighted by Gasteiger charge is 2.07. The van der Waals surface area contributed by atoms with E-state index < -0.39 is 0 Å². The number of methoxy groups -OCH3 is 1. The third-order valence-corrected chi connectivity index (χ3v) is 2.27. The predicted molar refractivity (Wildman–Crippen MR) is 56.7 cm³/mol. The van der Waals surface area contributed by atoms with Crippen molar-refractivity contribution in [1.82, 2.24) is 9.78 Å². The highest BCUT2D eigenvalue weighted by atomic mass is 16.5. The lowest BCUT2D eigenvalue weighted by Gasteiger charge is -2.02. The average Bonchev–Trinajstić information content (AvgIpc) is 2.60. The molecule has 3 nitrogen and oxygen atoms in total. The highest BCUT2D eigenvalue weighted by molar-refractivity contribution is 5.84. The average molecular weight is 190 g/mol. The first kappa shape index (κ1) is 9.06. The zero-order valence-electron chi connectivity index (χ0n) is 8.69. The van der Waals surface area contributed by atoms with Crippen LogP contribution in [0.25, 0.3) is 10.9 Å². The summed E-state index contributed by atoms with van der Waals surface area (Å²) in [6.45, 7) is 4.22. The van der Waals surface area contributed by atoms with Crippen molar-refractivity contribution in [1.29, 1.82) is 0 Å². The maximum Gasteiger partial charge on any atom is 0.146 e. The van der Waals surface area contributed by atoms with Crippen LogP contribution >= 0.6 is 0 Å². The molecule has 0 amide bonds. The molecular formula is C11H14N2O. The monoisotopic (exact) mass is 190 g/mol. The fourth-order valence-electron chi connectivity index (χ4n) is 1.47. The molecule has 2 rings (SSSR count). The first-order valence-corrected chi connectivity index (χ1v) is 4.74. The van der Waals surface area contributed by atoms with E-state index in [1.807, 2.05) is 29.1 Å². The van der Waals surface area contributed by atoms with E-state index >= 15 is 0 Å². The second kappa shape index (κ2) is 3.33. The Balaban J connectivity index is 2.64. The third kappa shape index (κ3) is 1.35. The molecule has 14 heavy (non-hydrogen) atoms. The molecule has 0 N–H and O–H groups in total. The maximum atomic E-state index is 5.24. The minimum absolute atomic E-state index is 0.382. The Hall–Kier alpha value is -1.51. The van der Waals surface area contributed by atoms with Crippen LogP contribution < -0.4 is 4.74 Å². The van der Waals surface area contributed by atoms with Crippen molar-refractivity contribution in [3.8, 4) is 5.75 Å². The first-order valence-electron chi connectivity index (χ1n) is 4.74. The number of nitrogens with zero attached hydrogens (tertiary/aromatic N) is 2. The van der Waals surface area contributed by atoms with Gasteiger partial charge < -0.3 is 4.74 Å². The van der Waals surface area contributed by atoms with Crippen LogP contribution in [0.1, 0.15) is 19.9 Å². The maximum absolute atomic E-state index is 5.24. The van der Waals surface area contributed by atoms with E-state index in [1.54, 1.807) is 7.11 Å². The Morgan fingerprint density at radius 1 is 1.36 bits per heavy atom. The molecule has 0 aliphatic carbocycles. The van der Waals surface area contributed by atoms with Crippen molar-refractivity contribution in [3.05, 3.63) is 24.4 Å². The summed E-state index contributed by atoms with van der Waals surface area (Å²) in [5.74, 6) is 0.835. The van der Waals surface area contributed by atoms with Crippen molar-refractivity contribution in [2.24, 2.45) is 0 Å². The number of fused-ring (bicyclic) bond motifs is 1. The van der Waals surface area contributed by atoms with Crippen LogP contribution in [0.4, 0.5) is 0 Å². The standard InChI is InChI=1S/C11H14N2O/c1-8(2)13-7-9-5-4-6-10(14-3)11(9)12-13/h4-8H,1-3H3. The molecule has 0 bridgehead atoms. The zero-order valence-corrected chi connectivity index (χ0v) is 8.69. The van der Waals surface area contributed by atoms with Crippen molar-refractivity contribution < 1.29 is 4.74 Å². The number of benzene rings is 1. The van der Waals surface area contributed by atoms with Gasteiger partial charge >= 0.3 is 0 Å². The summed E-state index contributed by atoms with van der Waals surface area (Å²) in [5, 5.41) is 5.60. The van der Waals surface area contributed by atoms with Crippen molar-refractivity contribution in [2.45, 2.75) is 19.9 Å². The van der Waals surface area contributed by atoms with Gasteiger partial charge in [0, 0.05) is 17.6 Å². The first-order chi connectivity index (χ1) is 6.72. The molecule has 1 heterocycles. The van der Waals surface area contributed by atoms with Crippen LogP contribution in [0.3, 0.4) is 0 Å². The van der Waals surface area contributed by atoms with E-state index in [0.29, 0.717) is 6.04 Å². The lowest BCUT2D eigenvalue weighted by molar-refractivity contribution is 0.417. The Morgan fingerprint density at radius 3 is 2.79 bits per heavy atom. The predicted octanol–water partition coefficient (Wildman–Crippen LogP) is 2.63. The topological polar surface area (TPSA) is 27.1 Å². The van der Waals surface area contributed by atoms with Crippen LogP contribution in [0.15, 0.2) is 24.4 Å². The van der Waals surface area contributed by atoms with Crippen LogP contribution in [-0.4, -0.2) is 16.9 Å². The molecule has 0 fully saturated rings. The van der Waals surface area contributed by atoms with Gasteiger partial charge in [-0.25, -0.2) is 0 Å². The van der Waals surface area contributed by atoms with Gasteiger partial charge in [-0.3, -0.25) is 4.68 Å². The summed E-state index contributed by atoms with van der Waals surface area (Å²) in [7, 11) is 1.67. The highest BCUT2D eigenvalue weighted by Crippen LogP contribution is 2.24. The van der Waals surface area contributed by atoms with Crippen molar-refractivity contribution in [2.75, 3.05) is 7.11 Å². The molecule has 0 aliphatic rings. The molecule has 0 unspecified atom stereocenters. The van der Waals surface area contributed by atoms with E-state index in [2.05, 4.69) is 18.9 Å². The molecule has 1 aromatic carbocycles. The van der Waals surface area contributed by atoms with Gasteiger partial charge in [0.15, 0.2) is 0 Å². The van der Waals surface area contributed by atoms with E-state index in [9.17, 15) is 0 Å². The number of ether oxygens (including phenoxy) is 1. The summed E-state index contributed by atoms with van der Waals surface area (Å²) < 4.78 is 7.20. The van der Waals surface area contributed by atoms with Gasteiger partial charge in [0.05, 0.1) is 7.11 Å². The van der Waals surface area contributed by atoms with E-state index in [0.717, 1.165) is 16.7 Å². The van der Waals surface area contributed by atoms with Gasteiger partial charge in [0.25, 0.3) is 0 Å². The number of hydrogen-bond acceptors (Lipinski definition) is 2. The Bertz CT molecular complexity index is 445. The summed E-state index contributed by atoms with van der Waals surface area (Å²) in [4.78, 5) is 0. The molecule has 74 valence electrons. The molecule has 0 radical (unpaired) electrons. The fourth-order valence-corrected chi connectivity index (χ4v) is 1.47. The summed E-state index contributed by atoms with van der Waals surface area (Å²) in [6.07, 6.45) is 2.04. The van der Waals surface area contributed by atoms with Crippen molar-refractivity contribution in [3.63, 3.8) is 0 Å². The molecule has 0 aliphatic heterocycles. The molecule has 0 saturated heterocycles. The Morgan fingerprint density at radius 2 is 2.14 bits per heavy atom. The molecule has 3 heteroatoms. The fraction of sp³-hybridized carbons (Fsp3) is 0.364. The normalized spacial score (nSPS) is 11.1. The lowest BCUT2D eigenvalue weighted by atomic mass is 10.2. The van der Waals surface area contributed by atoms with Gasteiger partial charge in [-0.15, -0.1) is 0 Å². The van der Waals surface area contributed by atoms with Gasteiger partial charge in [0.1, 0.15) is 11.3 Å². The summed E-state index contributed by atoms with van der Waals surface area (Å²) in [6, 6.07) is 6.34.